The molecule has 1 aromatic heterocycles. The molecule has 0 aliphatic heterocycles. The van der Waals surface area contributed by atoms with Crippen molar-refractivity contribution in [3.63, 3.8) is 0 Å². The van der Waals surface area contributed by atoms with Gasteiger partial charge in [0.05, 0.1) is 22.7 Å². The van der Waals surface area contributed by atoms with Crippen LogP contribution in [0.25, 0.3) is 10.1 Å². The first-order valence-corrected chi connectivity index (χ1v) is 9.31. The Morgan fingerprint density at radius 3 is 2.76 bits per heavy atom. The van der Waals surface area contributed by atoms with E-state index in [1.54, 1.807) is 6.07 Å². The van der Waals surface area contributed by atoms with Gasteiger partial charge in [-0.3, -0.25) is 19.7 Å². The number of thiophene rings is 1. The number of nitrogens with zero attached hydrogens (tertiary/aromatic N) is 2. The largest absolute Gasteiger partial charge is 0.507 e. The molecule has 3 rings (SSSR count). The molecule has 0 atom stereocenters. The zero-order valence-corrected chi connectivity index (χ0v) is 16.2. The minimum Gasteiger partial charge on any atom is -0.507 e. The minimum atomic E-state index is -0.628. The second-order valence-electron chi connectivity index (χ2n) is 5.72. The molecule has 1 heterocycles. The monoisotopic (exact) mass is 432 g/mol. The van der Waals surface area contributed by atoms with Gasteiger partial charge in [-0.2, -0.15) is 5.10 Å². The van der Waals surface area contributed by atoms with Crippen LogP contribution >= 0.6 is 22.9 Å². The third-order valence-electron chi connectivity index (χ3n) is 3.77. The molecule has 0 saturated carbocycles. The van der Waals surface area contributed by atoms with Crippen molar-refractivity contribution in [1.29, 1.82) is 0 Å². The Balaban J connectivity index is 1.58. The number of non-ortho nitro benzene ring substituents is 1. The average Bonchev–Trinajstić information content (AvgIpc) is 3.04. The quantitative estimate of drug-likeness (QED) is 0.312. The number of hydrogen-bond donors (Lipinski definition) is 3. The smallest absolute Gasteiger partial charge is 0.270 e. The second-order valence-corrected chi connectivity index (χ2v) is 7.15. The fourth-order valence-corrected chi connectivity index (χ4v) is 3.81. The number of aromatic hydroxyl groups is 1. The highest BCUT2D eigenvalue weighted by atomic mass is 35.5. The average molecular weight is 433 g/mol. The van der Waals surface area contributed by atoms with E-state index in [1.165, 1.54) is 11.3 Å². The summed E-state index contributed by atoms with van der Waals surface area (Å²) in [6.07, 6.45) is 1.06. The molecule has 0 bridgehead atoms. The second kappa shape index (κ2) is 8.67. The number of hydrogen-bond acceptors (Lipinski definition) is 7. The van der Waals surface area contributed by atoms with Crippen LogP contribution in [0.15, 0.2) is 47.6 Å². The maximum atomic E-state index is 12.3. The highest BCUT2D eigenvalue weighted by Gasteiger charge is 2.17. The van der Waals surface area contributed by atoms with Gasteiger partial charge in [-0.05, 0) is 12.1 Å². The standard InChI is InChI=1S/C18H13ClN4O5S/c19-16-12-3-1-2-4-14(12)29-17(16)18(26)20-9-15(25)22-21-8-10-7-11(23(27)28)5-6-13(10)24/h1-8,24H,9H2,(H,20,26)(H,22,25)/b21-8+. The summed E-state index contributed by atoms with van der Waals surface area (Å²) in [4.78, 5) is 34.6. The van der Waals surface area contributed by atoms with Crippen LogP contribution in [0, 0.1) is 10.1 Å². The zero-order valence-electron chi connectivity index (χ0n) is 14.6. The molecule has 0 aliphatic carbocycles. The van der Waals surface area contributed by atoms with Crippen LogP contribution in [-0.4, -0.2) is 34.6 Å². The highest BCUT2D eigenvalue weighted by molar-refractivity contribution is 7.21. The Kier molecular flexibility index (Phi) is 6.05. The summed E-state index contributed by atoms with van der Waals surface area (Å²) < 4.78 is 0.855. The van der Waals surface area contributed by atoms with Gasteiger partial charge in [-0.1, -0.05) is 29.8 Å². The van der Waals surface area contributed by atoms with Crippen LogP contribution in [-0.2, 0) is 4.79 Å². The summed E-state index contributed by atoms with van der Waals surface area (Å²) in [5.74, 6) is -1.36. The lowest BCUT2D eigenvalue weighted by molar-refractivity contribution is -0.384. The van der Waals surface area contributed by atoms with E-state index >= 15 is 0 Å². The zero-order chi connectivity index (χ0) is 21.0. The number of fused-ring (bicyclic) bond motifs is 1. The molecule has 0 saturated heterocycles. The number of halogens is 1. The topological polar surface area (TPSA) is 134 Å². The van der Waals surface area contributed by atoms with E-state index in [-0.39, 0.29) is 23.5 Å². The molecule has 0 aliphatic rings. The molecule has 3 aromatic rings. The Morgan fingerprint density at radius 2 is 2.03 bits per heavy atom. The maximum absolute atomic E-state index is 12.3. The molecule has 0 fully saturated rings. The summed E-state index contributed by atoms with van der Waals surface area (Å²) in [5, 5.41) is 27.6. The Labute approximate surface area is 172 Å². The number of nitrogens with one attached hydrogen (secondary N) is 2. The number of phenols is 1. The van der Waals surface area contributed by atoms with Crippen molar-refractivity contribution in [2.45, 2.75) is 0 Å². The van der Waals surface area contributed by atoms with Gasteiger partial charge in [-0.15, -0.1) is 11.3 Å². The molecular weight excluding hydrogens is 420 g/mol. The Hall–Kier alpha value is -3.50. The number of carbonyl (C=O) groups excluding carboxylic acids is 2. The van der Waals surface area contributed by atoms with Gasteiger partial charge in [0, 0.05) is 27.8 Å². The Morgan fingerprint density at radius 1 is 1.28 bits per heavy atom. The third-order valence-corrected chi connectivity index (χ3v) is 5.44. The van der Waals surface area contributed by atoms with Crippen molar-refractivity contribution < 1.29 is 19.6 Å². The number of nitro groups is 1. The molecule has 9 nitrogen and oxygen atoms in total. The first-order valence-electron chi connectivity index (χ1n) is 8.11. The lowest BCUT2D eigenvalue weighted by Crippen LogP contribution is -2.34. The van der Waals surface area contributed by atoms with Crippen molar-refractivity contribution in [3.8, 4) is 5.75 Å². The number of hydrazone groups is 1. The summed E-state index contributed by atoms with van der Waals surface area (Å²) in [7, 11) is 0. The van der Waals surface area contributed by atoms with Gasteiger partial charge in [0.1, 0.15) is 10.6 Å². The predicted molar refractivity (Wildman–Crippen MR) is 110 cm³/mol. The van der Waals surface area contributed by atoms with E-state index in [0.29, 0.717) is 9.90 Å². The lowest BCUT2D eigenvalue weighted by atomic mass is 10.2. The highest BCUT2D eigenvalue weighted by Crippen LogP contribution is 2.34. The van der Waals surface area contributed by atoms with Crippen LogP contribution < -0.4 is 10.7 Å². The number of benzene rings is 2. The number of amides is 2. The van der Waals surface area contributed by atoms with Crippen molar-refractivity contribution in [2.75, 3.05) is 6.54 Å². The van der Waals surface area contributed by atoms with E-state index in [1.807, 2.05) is 18.2 Å². The van der Waals surface area contributed by atoms with Crippen LogP contribution in [0.3, 0.4) is 0 Å². The van der Waals surface area contributed by atoms with Gasteiger partial charge < -0.3 is 10.4 Å². The maximum Gasteiger partial charge on any atom is 0.270 e. The van der Waals surface area contributed by atoms with E-state index in [9.17, 15) is 24.8 Å². The molecule has 0 spiro atoms. The lowest BCUT2D eigenvalue weighted by Gasteiger charge is -2.03. The van der Waals surface area contributed by atoms with Crippen molar-refractivity contribution in [1.82, 2.24) is 10.7 Å². The molecule has 2 aromatic carbocycles. The summed E-state index contributed by atoms with van der Waals surface area (Å²) in [6, 6.07) is 10.7. The number of phenolic OH excluding ortho intramolecular Hbond substituents is 1. The predicted octanol–water partition coefficient (Wildman–Crippen LogP) is 3.05. The molecule has 29 heavy (non-hydrogen) atoms. The van der Waals surface area contributed by atoms with Crippen LogP contribution in [0.4, 0.5) is 5.69 Å². The van der Waals surface area contributed by atoms with Crippen molar-refractivity contribution in [3.05, 3.63) is 68.0 Å². The number of carbonyl (C=O) groups is 2. The number of rotatable bonds is 6. The summed E-state index contributed by atoms with van der Waals surface area (Å²) in [5.41, 5.74) is 1.98. The fourth-order valence-electron chi connectivity index (χ4n) is 2.37. The first-order chi connectivity index (χ1) is 13.9. The van der Waals surface area contributed by atoms with E-state index < -0.39 is 16.7 Å². The van der Waals surface area contributed by atoms with Gasteiger partial charge in [0.15, 0.2) is 0 Å². The molecule has 3 N–H and O–H groups in total. The number of nitro benzene ring substituents is 1. The van der Waals surface area contributed by atoms with Gasteiger partial charge in [-0.25, -0.2) is 5.43 Å². The summed E-state index contributed by atoms with van der Waals surface area (Å²) in [6.45, 7) is -0.359. The van der Waals surface area contributed by atoms with E-state index in [0.717, 1.165) is 34.5 Å². The van der Waals surface area contributed by atoms with E-state index in [4.69, 9.17) is 11.6 Å². The first kappa shape index (κ1) is 20.2. The van der Waals surface area contributed by atoms with Gasteiger partial charge in [0.25, 0.3) is 17.5 Å². The SMILES string of the molecule is O=C(CNC(=O)c1sc2ccccc2c1Cl)N/N=C/c1cc([N+](=O)[O-])ccc1O. The molecule has 2 amide bonds. The van der Waals surface area contributed by atoms with E-state index in [2.05, 4.69) is 15.8 Å². The normalized spacial score (nSPS) is 10.9. The van der Waals surface area contributed by atoms with Crippen LogP contribution in [0.5, 0.6) is 5.75 Å². The molecule has 0 radical (unpaired) electrons. The van der Waals surface area contributed by atoms with Crippen LogP contribution in [0.2, 0.25) is 5.02 Å². The van der Waals surface area contributed by atoms with Crippen LogP contribution in [0.1, 0.15) is 15.2 Å². The third kappa shape index (κ3) is 4.68. The van der Waals surface area contributed by atoms with Gasteiger partial charge in [0.2, 0.25) is 0 Å². The molecule has 11 heteroatoms. The van der Waals surface area contributed by atoms with Gasteiger partial charge >= 0.3 is 0 Å². The molecule has 148 valence electrons. The van der Waals surface area contributed by atoms with Crippen molar-refractivity contribution in [2.24, 2.45) is 5.10 Å². The molecule has 0 unspecified atom stereocenters. The fraction of sp³-hybridized carbons (Fsp3) is 0.0556. The van der Waals surface area contributed by atoms with Crippen molar-refractivity contribution >= 4 is 56.7 Å². The minimum absolute atomic E-state index is 0.0561. The molecular formula is C18H13ClN4O5S. The summed E-state index contributed by atoms with van der Waals surface area (Å²) >= 11 is 7.44. The Bertz CT molecular complexity index is 1140.